The van der Waals surface area contributed by atoms with Crippen LogP contribution in [0.25, 0.3) is 0 Å². The molecule has 2 unspecified atom stereocenters. The summed E-state index contributed by atoms with van der Waals surface area (Å²) in [5.41, 5.74) is 0. The van der Waals surface area contributed by atoms with Crippen molar-refractivity contribution in [3.63, 3.8) is 0 Å². The van der Waals surface area contributed by atoms with E-state index < -0.39 is 12.0 Å². The number of hydrogen-bond acceptors (Lipinski definition) is 4. The van der Waals surface area contributed by atoms with Gasteiger partial charge < -0.3 is 15.2 Å². The highest BCUT2D eigenvalue weighted by Crippen LogP contribution is 2.36. The summed E-state index contributed by atoms with van der Waals surface area (Å²) >= 11 is 0. The Morgan fingerprint density at radius 2 is 2.33 bits per heavy atom. The first-order valence-electron chi connectivity index (χ1n) is 6.37. The first kappa shape index (κ1) is 13.3. The van der Waals surface area contributed by atoms with Crippen LogP contribution in [0.4, 0.5) is 0 Å². The minimum absolute atomic E-state index is 0.140. The lowest BCUT2D eigenvalue weighted by Crippen LogP contribution is -2.60. The normalized spacial score (nSPS) is 26.7. The highest BCUT2D eigenvalue weighted by molar-refractivity contribution is 5.86. The molecule has 1 aliphatic heterocycles. The molecule has 0 radical (unpaired) electrons. The number of carboxylic acids is 1. The average molecular weight is 256 g/mol. The van der Waals surface area contributed by atoms with Gasteiger partial charge in [0.05, 0.1) is 13.0 Å². The Bertz CT molecular complexity index is 330. The van der Waals surface area contributed by atoms with Crippen molar-refractivity contribution in [2.24, 2.45) is 5.92 Å². The third kappa shape index (κ3) is 3.00. The van der Waals surface area contributed by atoms with E-state index in [-0.39, 0.29) is 18.4 Å². The van der Waals surface area contributed by atoms with Gasteiger partial charge in [-0.15, -0.1) is 0 Å². The summed E-state index contributed by atoms with van der Waals surface area (Å²) in [5, 5.41) is 11.7. The zero-order chi connectivity index (χ0) is 13.1. The summed E-state index contributed by atoms with van der Waals surface area (Å²) in [5.74, 6) is -0.563. The number of nitrogens with zero attached hydrogens (tertiary/aromatic N) is 1. The number of hydrogen-bond donors (Lipinski definition) is 2. The van der Waals surface area contributed by atoms with Crippen LogP contribution in [0.5, 0.6) is 0 Å². The van der Waals surface area contributed by atoms with Gasteiger partial charge in [0.2, 0.25) is 5.91 Å². The molecule has 0 bridgehead atoms. The van der Waals surface area contributed by atoms with E-state index in [0.717, 1.165) is 12.8 Å². The predicted octanol–water partition coefficient (Wildman–Crippen LogP) is -0.313. The minimum atomic E-state index is -0.936. The lowest BCUT2D eigenvalue weighted by atomic mass is 10.0. The molecule has 2 atom stereocenters. The van der Waals surface area contributed by atoms with E-state index in [1.165, 1.54) is 0 Å². The number of nitrogens with one attached hydrogen (secondary N) is 1. The molecule has 0 spiro atoms. The fraction of sp³-hybridized carbons (Fsp3) is 0.833. The molecule has 18 heavy (non-hydrogen) atoms. The number of ether oxygens (including phenoxy) is 1. The predicted molar refractivity (Wildman–Crippen MR) is 64.1 cm³/mol. The molecular formula is C12H20N2O4. The Kier molecular flexibility index (Phi) is 4.19. The van der Waals surface area contributed by atoms with E-state index in [2.05, 4.69) is 5.32 Å². The lowest BCUT2D eigenvalue weighted by Gasteiger charge is -2.39. The lowest BCUT2D eigenvalue weighted by molar-refractivity contribution is -0.144. The number of carbonyl (C=O) groups is 2. The highest BCUT2D eigenvalue weighted by atomic mass is 16.5. The van der Waals surface area contributed by atoms with E-state index in [4.69, 9.17) is 9.84 Å². The molecule has 102 valence electrons. The van der Waals surface area contributed by atoms with Gasteiger partial charge in [-0.05, 0) is 18.8 Å². The molecular weight excluding hydrogens is 236 g/mol. The topological polar surface area (TPSA) is 78.9 Å². The van der Waals surface area contributed by atoms with Crippen LogP contribution in [0, 0.1) is 5.92 Å². The molecule has 1 amide bonds. The molecule has 2 aliphatic rings. The van der Waals surface area contributed by atoms with E-state index in [9.17, 15) is 9.59 Å². The Balaban J connectivity index is 2.09. The monoisotopic (exact) mass is 256 g/mol. The summed E-state index contributed by atoms with van der Waals surface area (Å²) in [6.45, 7) is 1.85. The number of aliphatic carboxylic acids is 1. The summed E-state index contributed by atoms with van der Waals surface area (Å²) < 4.78 is 5.23. The number of methoxy groups -OCH3 is 1. The van der Waals surface area contributed by atoms with Crippen molar-refractivity contribution in [3.8, 4) is 0 Å². The van der Waals surface area contributed by atoms with Gasteiger partial charge in [0, 0.05) is 26.2 Å². The Hall–Kier alpha value is -1.14. The second kappa shape index (κ2) is 5.67. The van der Waals surface area contributed by atoms with Crippen molar-refractivity contribution >= 4 is 11.9 Å². The summed E-state index contributed by atoms with van der Waals surface area (Å²) in [6, 6.07) is -0.387. The van der Waals surface area contributed by atoms with Crippen molar-refractivity contribution < 1.29 is 19.4 Å². The van der Waals surface area contributed by atoms with Crippen LogP contribution < -0.4 is 5.32 Å². The number of carbonyl (C=O) groups excluding carboxylic acids is 1. The van der Waals surface area contributed by atoms with E-state index in [1.54, 1.807) is 7.11 Å². The van der Waals surface area contributed by atoms with Gasteiger partial charge in [0.25, 0.3) is 0 Å². The smallest absolute Gasteiger partial charge is 0.305 e. The van der Waals surface area contributed by atoms with Crippen LogP contribution in [-0.2, 0) is 14.3 Å². The number of piperazine rings is 1. The van der Waals surface area contributed by atoms with Crippen molar-refractivity contribution in [3.05, 3.63) is 0 Å². The maximum atomic E-state index is 11.8. The second-order valence-corrected chi connectivity index (χ2v) is 5.00. The van der Waals surface area contributed by atoms with Gasteiger partial charge in [0.15, 0.2) is 0 Å². The van der Waals surface area contributed by atoms with Gasteiger partial charge in [0.1, 0.15) is 6.04 Å². The van der Waals surface area contributed by atoms with Crippen LogP contribution in [0.1, 0.15) is 19.3 Å². The minimum Gasteiger partial charge on any atom is -0.481 e. The van der Waals surface area contributed by atoms with E-state index >= 15 is 0 Å². The number of amides is 1. The fourth-order valence-corrected chi connectivity index (χ4v) is 2.66. The van der Waals surface area contributed by atoms with Gasteiger partial charge in [-0.25, -0.2) is 0 Å². The molecule has 2 fully saturated rings. The van der Waals surface area contributed by atoms with Crippen molar-refractivity contribution in [2.75, 3.05) is 26.8 Å². The summed E-state index contributed by atoms with van der Waals surface area (Å²) in [6.07, 6.45) is 2.15. The van der Waals surface area contributed by atoms with Crippen LogP contribution in [0.15, 0.2) is 0 Å². The van der Waals surface area contributed by atoms with Gasteiger partial charge >= 0.3 is 5.97 Å². The SMILES string of the molecule is COCC(C1CC1)N1CCNC(=O)C1CC(=O)O. The quantitative estimate of drug-likeness (QED) is 0.681. The van der Waals surface area contributed by atoms with Gasteiger partial charge in [-0.1, -0.05) is 0 Å². The van der Waals surface area contributed by atoms with Gasteiger partial charge in [-0.2, -0.15) is 0 Å². The molecule has 1 aliphatic carbocycles. The maximum Gasteiger partial charge on any atom is 0.305 e. The maximum absolute atomic E-state index is 11.8. The Morgan fingerprint density at radius 3 is 2.89 bits per heavy atom. The number of rotatable bonds is 6. The molecule has 0 aromatic carbocycles. The molecule has 6 heteroatoms. The standard InChI is InChI=1S/C12H20N2O4/c1-18-7-10(8-2-3-8)14-5-4-13-12(17)9(14)6-11(15)16/h8-10H,2-7H2,1H3,(H,13,17)(H,15,16). The third-order valence-electron chi connectivity index (χ3n) is 3.67. The molecule has 0 aromatic rings. The molecule has 1 saturated heterocycles. The van der Waals surface area contributed by atoms with E-state index in [0.29, 0.717) is 25.6 Å². The van der Waals surface area contributed by atoms with Crippen molar-refractivity contribution in [2.45, 2.75) is 31.3 Å². The van der Waals surface area contributed by atoms with E-state index in [1.807, 2.05) is 4.90 Å². The molecule has 6 nitrogen and oxygen atoms in total. The summed E-state index contributed by atoms with van der Waals surface area (Å²) in [4.78, 5) is 24.7. The molecule has 1 saturated carbocycles. The molecule has 2 N–H and O–H groups in total. The molecule has 0 aromatic heterocycles. The largest absolute Gasteiger partial charge is 0.481 e. The Morgan fingerprint density at radius 1 is 1.61 bits per heavy atom. The summed E-state index contributed by atoms with van der Waals surface area (Å²) in [7, 11) is 1.64. The van der Waals surface area contributed by atoms with Crippen molar-refractivity contribution in [1.29, 1.82) is 0 Å². The first-order chi connectivity index (χ1) is 8.63. The number of carboxylic acid groups (broad SMARTS) is 1. The third-order valence-corrected chi connectivity index (χ3v) is 3.67. The van der Waals surface area contributed by atoms with Gasteiger partial charge in [-0.3, -0.25) is 14.5 Å². The van der Waals surface area contributed by atoms with Crippen LogP contribution in [0.3, 0.4) is 0 Å². The second-order valence-electron chi connectivity index (χ2n) is 5.00. The van der Waals surface area contributed by atoms with Crippen LogP contribution in [0.2, 0.25) is 0 Å². The molecule has 1 heterocycles. The zero-order valence-corrected chi connectivity index (χ0v) is 10.6. The Labute approximate surface area is 106 Å². The van der Waals surface area contributed by atoms with Crippen LogP contribution >= 0.6 is 0 Å². The first-order valence-corrected chi connectivity index (χ1v) is 6.37. The zero-order valence-electron chi connectivity index (χ0n) is 10.6. The van der Waals surface area contributed by atoms with Crippen molar-refractivity contribution in [1.82, 2.24) is 10.2 Å². The highest BCUT2D eigenvalue weighted by Gasteiger charge is 2.42. The molecule has 2 rings (SSSR count). The fourth-order valence-electron chi connectivity index (χ4n) is 2.66. The van der Waals surface area contributed by atoms with Crippen LogP contribution in [-0.4, -0.2) is 60.8 Å². The average Bonchev–Trinajstić information content (AvgIpc) is 3.13.